The van der Waals surface area contributed by atoms with E-state index in [2.05, 4.69) is 42.7 Å². The van der Waals surface area contributed by atoms with Crippen molar-refractivity contribution in [3.8, 4) is 5.75 Å². The molecule has 7 nitrogen and oxygen atoms in total. The maximum Gasteiger partial charge on any atom is 0.266 e. The monoisotopic (exact) mass is 647 g/mol. The largest absolute Gasteiger partial charge is 0.494 e. The van der Waals surface area contributed by atoms with Crippen molar-refractivity contribution in [3.63, 3.8) is 0 Å². The number of aliphatic imine (C=N–C) groups is 1. The van der Waals surface area contributed by atoms with Crippen LogP contribution in [0.25, 0.3) is 0 Å². The van der Waals surface area contributed by atoms with E-state index in [1.807, 2.05) is 60.7 Å². The third-order valence-electron chi connectivity index (χ3n) is 6.03. The molecule has 3 N–H and O–H groups in total. The van der Waals surface area contributed by atoms with E-state index in [9.17, 15) is 9.18 Å². The third kappa shape index (κ3) is 6.61. The Hall–Kier alpha value is -2.79. The summed E-state index contributed by atoms with van der Waals surface area (Å²) >= 11 is 7.07. The smallest absolute Gasteiger partial charge is 0.266 e. The van der Waals surface area contributed by atoms with Gasteiger partial charge >= 0.3 is 0 Å². The standard InChI is InChI=1S/C28H28Br2FN3O4/c29-21-10-6-19(7-11-21)18-28(27(36)34-32-15-14-31)25(23-4-1-2-5-24(23)30)38-26(33-28)20-8-12-22(13-9-20)37-17-3-16-35/h1-2,4-13,25,32,35H,3,14-18H2,(H,34,36)/t25-,28-/m0/s1. The number of nitrogens with one attached hydrogen (secondary N) is 2. The molecule has 0 spiro atoms. The lowest BCUT2D eigenvalue weighted by atomic mass is 9.82. The topological polar surface area (TPSA) is 92.2 Å². The number of benzene rings is 3. The van der Waals surface area contributed by atoms with Crippen LogP contribution in [0.3, 0.4) is 0 Å². The van der Waals surface area contributed by atoms with Gasteiger partial charge in [-0.1, -0.05) is 62.2 Å². The molecular weight excluding hydrogens is 621 g/mol. The summed E-state index contributed by atoms with van der Waals surface area (Å²) < 4.78 is 26.6. The van der Waals surface area contributed by atoms with Gasteiger partial charge in [-0.15, -0.1) is 0 Å². The molecule has 0 fully saturated rings. The number of hydrazine groups is 1. The van der Waals surface area contributed by atoms with E-state index in [1.54, 1.807) is 12.1 Å². The minimum Gasteiger partial charge on any atom is -0.494 e. The van der Waals surface area contributed by atoms with Crippen LogP contribution >= 0.6 is 31.9 Å². The Kier molecular flexibility index (Phi) is 9.90. The van der Waals surface area contributed by atoms with Crippen molar-refractivity contribution < 1.29 is 23.8 Å². The molecule has 1 aliphatic rings. The van der Waals surface area contributed by atoms with Gasteiger partial charge in [-0.2, -0.15) is 0 Å². The molecule has 38 heavy (non-hydrogen) atoms. The molecule has 1 aliphatic heterocycles. The minimum atomic E-state index is -1.40. The van der Waals surface area contributed by atoms with Crippen LogP contribution in [-0.2, 0) is 16.0 Å². The normalized spacial score (nSPS) is 18.5. The van der Waals surface area contributed by atoms with Crippen LogP contribution in [-0.4, -0.2) is 48.9 Å². The zero-order valence-corrected chi connectivity index (χ0v) is 23.7. The molecule has 0 saturated heterocycles. The fourth-order valence-electron chi connectivity index (χ4n) is 4.16. The van der Waals surface area contributed by atoms with Crippen LogP contribution in [0.5, 0.6) is 5.75 Å². The highest BCUT2D eigenvalue weighted by Gasteiger charge is 2.53. The SMILES string of the molecule is O=C(NNCCF)[C@@]1(Cc2ccc(Br)cc2)N=C(c2ccc(OCCCO)cc2)O[C@H]1c1ccccc1Br. The van der Waals surface area contributed by atoms with Gasteiger partial charge in [0.25, 0.3) is 5.91 Å². The molecule has 0 saturated carbocycles. The number of rotatable bonds is 12. The number of carbonyl (C=O) groups excluding carboxylic acids is 1. The molecule has 0 aliphatic carbocycles. The number of aliphatic hydroxyl groups is 1. The van der Waals surface area contributed by atoms with E-state index in [0.29, 0.717) is 30.2 Å². The van der Waals surface area contributed by atoms with E-state index in [-0.39, 0.29) is 19.6 Å². The van der Waals surface area contributed by atoms with Crippen molar-refractivity contribution >= 4 is 43.7 Å². The average Bonchev–Trinajstić information content (AvgIpc) is 3.31. The summed E-state index contributed by atoms with van der Waals surface area (Å²) in [5.41, 5.74) is 6.22. The van der Waals surface area contributed by atoms with E-state index < -0.39 is 24.2 Å². The molecule has 3 aromatic rings. The number of amides is 1. The lowest BCUT2D eigenvalue weighted by molar-refractivity contribution is -0.130. The van der Waals surface area contributed by atoms with E-state index in [0.717, 1.165) is 20.1 Å². The second kappa shape index (κ2) is 13.3. The highest BCUT2D eigenvalue weighted by Crippen LogP contribution is 2.44. The number of hydrogen-bond acceptors (Lipinski definition) is 6. The van der Waals surface area contributed by atoms with Gasteiger partial charge in [0.1, 0.15) is 12.4 Å². The molecule has 0 bridgehead atoms. The molecule has 3 aromatic carbocycles. The Morgan fingerprint density at radius 3 is 2.50 bits per heavy atom. The number of nitrogens with zero attached hydrogens (tertiary/aromatic N) is 1. The predicted molar refractivity (Wildman–Crippen MR) is 151 cm³/mol. The Balaban J connectivity index is 1.77. The van der Waals surface area contributed by atoms with E-state index >= 15 is 0 Å². The van der Waals surface area contributed by atoms with Gasteiger partial charge < -0.3 is 14.6 Å². The van der Waals surface area contributed by atoms with Gasteiger partial charge in [-0.25, -0.2) is 14.8 Å². The van der Waals surface area contributed by atoms with E-state index in [1.165, 1.54) is 0 Å². The van der Waals surface area contributed by atoms with Gasteiger partial charge in [0, 0.05) is 46.1 Å². The molecule has 2 atom stereocenters. The lowest BCUT2D eigenvalue weighted by Gasteiger charge is -2.31. The quantitative estimate of drug-likeness (QED) is 0.189. The number of ether oxygens (including phenoxy) is 2. The average molecular weight is 649 g/mol. The first kappa shape index (κ1) is 28.2. The first-order valence-electron chi connectivity index (χ1n) is 12.2. The number of hydrogen-bond donors (Lipinski definition) is 3. The predicted octanol–water partition coefficient (Wildman–Crippen LogP) is 5.06. The number of carbonyl (C=O) groups is 1. The molecule has 0 radical (unpaired) electrons. The van der Waals surface area contributed by atoms with Crippen LogP contribution in [0.4, 0.5) is 4.39 Å². The molecule has 0 unspecified atom stereocenters. The maximum atomic E-state index is 13.8. The molecule has 0 aromatic heterocycles. The van der Waals surface area contributed by atoms with Crippen molar-refractivity contribution in [2.75, 3.05) is 26.4 Å². The first-order valence-corrected chi connectivity index (χ1v) is 13.7. The molecule has 1 amide bonds. The Bertz CT molecular complexity index is 1260. The van der Waals surface area contributed by atoms with Crippen LogP contribution in [0.15, 0.2) is 86.7 Å². The van der Waals surface area contributed by atoms with Gasteiger partial charge in [-0.05, 0) is 48.0 Å². The fraction of sp³-hybridized carbons (Fsp3) is 0.286. The Morgan fingerprint density at radius 2 is 1.82 bits per heavy atom. The highest BCUT2D eigenvalue weighted by atomic mass is 79.9. The van der Waals surface area contributed by atoms with Crippen molar-refractivity contribution in [3.05, 3.63) is 98.4 Å². The molecule has 4 rings (SSSR count). The Morgan fingerprint density at radius 1 is 1.08 bits per heavy atom. The maximum absolute atomic E-state index is 13.8. The second-order valence-corrected chi connectivity index (χ2v) is 10.5. The summed E-state index contributed by atoms with van der Waals surface area (Å²) in [6.07, 6.45) is 0.000690. The summed E-state index contributed by atoms with van der Waals surface area (Å²) in [6.45, 7) is -0.206. The summed E-state index contributed by atoms with van der Waals surface area (Å²) in [5, 5.41) is 8.98. The lowest BCUT2D eigenvalue weighted by Crippen LogP contribution is -2.54. The fourth-order valence-corrected chi connectivity index (χ4v) is 4.92. The van der Waals surface area contributed by atoms with E-state index in [4.69, 9.17) is 19.6 Å². The Labute approximate surface area is 237 Å². The van der Waals surface area contributed by atoms with Gasteiger partial charge in [0.05, 0.1) is 6.61 Å². The molecular formula is C28H28Br2FN3O4. The minimum absolute atomic E-state index is 0.0328. The van der Waals surface area contributed by atoms with Crippen LogP contribution in [0.1, 0.15) is 29.2 Å². The zero-order valence-electron chi connectivity index (χ0n) is 20.5. The molecule has 10 heteroatoms. The number of aliphatic hydroxyl groups excluding tert-OH is 1. The van der Waals surface area contributed by atoms with Gasteiger partial charge in [0.15, 0.2) is 11.6 Å². The first-order chi connectivity index (χ1) is 18.5. The summed E-state index contributed by atoms with van der Waals surface area (Å²) in [7, 11) is 0. The van der Waals surface area contributed by atoms with Crippen molar-refractivity contribution in [1.82, 2.24) is 10.9 Å². The summed E-state index contributed by atoms with van der Waals surface area (Å²) in [5.74, 6) is 0.524. The van der Waals surface area contributed by atoms with Crippen molar-refractivity contribution in [2.24, 2.45) is 4.99 Å². The third-order valence-corrected chi connectivity index (χ3v) is 7.28. The highest BCUT2D eigenvalue weighted by molar-refractivity contribution is 9.10. The van der Waals surface area contributed by atoms with Crippen LogP contribution < -0.4 is 15.6 Å². The van der Waals surface area contributed by atoms with Crippen molar-refractivity contribution in [1.29, 1.82) is 0 Å². The van der Waals surface area contributed by atoms with Crippen LogP contribution in [0, 0.1) is 0 Å². The summed E-state index contributed by atoms with van der Waals surface area (Å²) in [4.78, 5) is 18.8. The molecule has 1 heterocycles. The number of alkyl halides is 1. The molecule has 200 valence electrons. The zero-order chi connectivity index (χ0) is 27.0. The van der Waals surface area contributed by atoms with Gasteiger partial charge in [-0.3, -0.25) is 10.2 Å². The summed E-state index contributed by atoms with van der Waals surface area (Å²) in [6, 6.07) is 22.4. The second-order valence-electron chi connectivity index (χ2n) is 8.68. The number of halogens is 3. The van der Waals surface area contributed by atoms with Crippen molar-refractivity contribution in [2.45, 2.75) is 24.5 Å². The van der Waals surface area contributed by atoms with Gasteiger partial charge in [0.2, 0.25) is 5.90 Å². The van der Waals surface area contributed by atoms with Crippen LogP contribution in [0.2, 0.25) is 0 Å².